The first-order valence-corrected chi connectivity index (χ1v) is 9.23. The number of nitrogens with zero attached hydrogens (tertiary/aromatic N) is 2. The number of H-pyrrole nitrogens is 1. The minimum Gasteiger partial charge on any atom is -0.354 e. The fourth-order valence-electron chi connectivity index (χ4n) is 3.47. The van der Waals surface area contributed by atoms with Crippen molar-refractivity contribution in [1.29, 1.82) is 0 Å². The average molecular weight is 362 g/mol. The number of para-hydroxylation sites is 2. The van der Waals surface area contributed by atoms with Gasteiger partial charge in [0.05, 0.1) is 11.0 Å². The molecule has 2 amide bonds. The standard InChI is InChI=1S/C21H22N4O2/c1-14(25-13-15-7-2-3-8-16(15)21(25)27)20(26)22-12-6-11-19-23-17-9-4-5-10-18(17)24-19/h2-5,7-10,14H,6,11-13H2,1H3,(H,22,26)(H,23,24). The molecule has 2 heterocycles. The van der Waals surface area contributed by atoms with Crippen molar-refractivity contribution in [3.63, 3.8) is 0 Å². The molecule has 0 bridgehead atoms. The first kappa shape index (κ1) is 17.3. The van der Waals surface area contributed by atoms with Gasteiger partial charge in [0.15, 0.2) is 0 Å². The Hall–Kier alpha value is -3.15. The van der Waals surface area contributed by atoms with Gasteiger partial charge in [-0.05, 0) is 37.1 Å². The number of aryl methyl sites for hydroxylation is 1. The third-order valence-electron chi connectivity index (χ3n) is 5.02. The third kappa shape index (κ3) is 3.43. The Morgan fingerprint density at radius 2 is 2.00 bits per heavy atom. The van der Waals surface area contributed by atoms with Gasteiger partial charge in [-0.25, -0.2) is 4.98 Å². The summed E-state index contributed by atoms with van der Waals surface area (Å²) in [6.45, 7) is 2.82. The number of rotatable bonds is 6. The highest BCUT2D eigenvalue weighted by Crippen LogP contribution is 2.24. The van der Waals surface area contributed by atoms with E-state index in [9.17, 15) is 9.59 Å². The summed E-state index contributed by atoms with van der Waals surface area (Å²) in [4.78, 5) is 34.4. The van der Waals surface area contributed by atoms with Gasteiger partial charge in [0.1, 0.15) is 11.9 Å². The normalized spacial score (nSPS) is 14.4. The lowest BCUT2D eigenvalue weighted by atomic mass is 10.1. The molecule has 0 aliphatic carbocycles. The van der Waals surface area contributed by atoms with Crippen LogP contribution in [0.15, 0.2) is 48.5 Å². The van der Waals surface area contributed by atoms with Crippen molar-refractivity contribution in [3.8, 4) is 0 Å². The van der Waals surface area contributed by atoms with Crippen molar-refractivity contribution in [2.45, 2.75) is 32.4 Å². The molecule has 1 aliphatic heterocycles. The van der Waals surface area contributed by atoms with Crippen LogP contribution in [0.3, 0.4) is 0 Å². The fourth-order valence-corrected chi connectivity index (χ4v) is 3.47. The number of carbonyl (C=O) groups excluding carboxylic acids is 2. The summed E-state index contributed by atoms with van der Waals surface area (Å²) in [5.41, 5.74) is 3.66. The van der Waals surface area contributed by atoms with Crippen LogP contribution in [-0.2, 0) is 17.8 Å². The minimum absolute atomic E-state index is 0.0736. The van der Waals surface area contributed by atoms with Gasteiger partial charge in [-0.3, -0.25) is 9.59 Å². The molecular weight excluding hydrogens is 340 g/mol. The number of nitrogens with one attached hydrogen (secondary N) is 2. The number of carbonyl (C=O) groups is 2. The molecule has 2 aromatic carbocycles. The van der Waals surface area contributed by atoms with Crippen molar-refractivity contribution in [1.82, 2.24) is 20.2 Å². The number of hydrogen-bond acceptors (Lipinski definition) is 3. The molecule has 0 radical (unpaired) electrons. The summed E-state index contributed by atoms with van der Waals surface area (Å²) >= 11 is 0. The summed E-state index contributed by atoms with van der Waals surface area (Å²) < 4.78 is 0. The molecule has 0 spiro atoms. The highest BCUT2D eigenvalue weighted by atomic mass is 16.2. The Morgan fingerprint density at radius 3 is 2.81 bits per heavy atom. The van der Waals surface area contributed by atoms with Gasteiger partial charge in [-0.1, -0.05) is 30.3 Å². The van der Waals surface area contributed by atoms with E-state index < -0.39 is 6.04 Å². The third-order valence-corrected chi connectivity index (χ3v) is 5.02. The number of amides is 2. The van der Waals surface area contributed by atoms with Gasteiger partial charge in [0.25, 0.3) is 5.91 Å². The van der Waals surface area contributed by atoms with Gasteiger partial charge in [0, 0.05) is 25.1 Å². The van der Waals surface area contributed by atoms with Crippen LogP contribution in [0.1, 0.15) is 35.1 Å². The van der Waals surface area contributed by atoms with Crippen LogP contribution in [0.5, 0.6) is 0 Å². The molecular formula is C21H22N4O2. The molecule has 1 aromatic heterocycles. The van der Waals surface area contributed by atoms with E-state index in [-0.39, 0.29) is 11.8 Å². The van der Waals surface area contributed by atoms with Crippen molar-refractivity contribution in [2.24, 2.45) is 0 Å². The Bertz CT molecular complexity index is 962. The molecule has 3 aromatic rings. The molecule has 6 heteroatoms. The smallest absolute Gasteiger partial charge is 0.255 e. The molecule has 4 rings (SSSR count). The number of aromatic amines is 1. The van der Waals surface area contributed by atoms with Crippen molar-refractivity contribution >= 4 is 22.8 Å². The molecule has 27 heavy (non-hydrogen) atoms. The van der Waals surface area contributed by atoms with Crippen molar-refractivity contribution < 1.29 is 9.59 Å². The zero-order valence-electron chi connectivity index (χ0n) is 15.2. The molecule has 1 aliphatic rings. The van der Waals surface area contributed by atoms with Crippen LogP contribution in [0.4, 0.5) is 0 Å². The predicted molar refractivity (Wildman–Crippen MR) is 103 cm³/mol. The summed E-state index contributed by atoms with van der Waals surface area (Å²) in [5, 5.41) is 2.94. The lowest BCUT2D eigenvalue weighted by Crippen LogP contribution is -2.45. The van der Waals surface area contributed by atoms with Crippen LogP contribution < -0.4 is 5.32 Å². The predicted octanol–water partition coefficient (Wildman–Crippen LogP) is 2.66. The summed E-state index contributed by atoms with van der Waals surface area (Å²) in [5.74, 6) is 0.722. The topological polar surface area (TPSA) is 78.1 Å². The second-order valence-electron chi connectivity index (χ2n) is 6.86. The highest BCUT2D eigenvalue weighted by molar-refractivity contribution is 6.01. The Labute approximate surface area is 157 Å². The summed E-state index contributed by atoms with van der Waals surface area (Å²) in [6.07, 6.45) is 1.55. The second kappa shape index (κ2) is 7.23. The van der Waals surface area contributed by atoms with Gasteiger partial charge in [0.2, 0.25) is 5.91 Å². The van der Waals surface area contributed by atoms with Crippen LogP contribution in [0.25, 0.3) is 11.0 Å². The molecule has 1 atom stereocenters. The van der Waals surface area contributed by atoms with Gasteiger partial charge >= 0.3 is 0 Å². The lowest BCUT2D eigenvalue weighted by molar-refractivity contribution is -0.125. The van der Waals surface area contributed by atoms with Gasteiger partial charge in [-0.15, -0.1) is 0 Å². The molecule has 0 fully saturated rings. The number of imidazole rings is 1. The van der Waals surface area contributed by atoms with Crippen LogP contribution in [0, 0.1) is 0 Å². The molecule has 6 nitrogen and oxygen atoms in total. The minimum atomic E-state index is -0.490. The largest absolute Gasteiger partial charge is 0.354 e. The molecule has 0 saturated heterocycles. The quantitative estimate of drug-likeness (QED) is 0.662. The van der Waals surface area contributed by atoms with Crippen molar-refractivity contribution in [2.75, 3.05) is 6.54 Å². The van der Waals surface area contributed by atoms with E-state index in [1.54, 1.807) is 11.8 Å². The maximum absolute atomic E-state index is 12.5. The zero-order chi connectivity index (χ0) is 18.8. The monoisotopic (exact) mass is 362 g/mol. The average Bonchev–Trinajstić information content (AvgIpc) is 3.25. The van der Waals surface area contributed by atoms with E-state index in [4.69, 9.17) is 0 Å². The number of hydrogen-bond donors (Lipinski definition) is 2. The lowest BCUT2D eigenvalue weighted by Gasteiger charge is -2.23. The zero-order valence-corrected chi connectivity index (χ0v) is 15.2. The molecule has 2 N–H and O–H groups in total. The first-order chi connectivity index (χ1) is 13.1. The number of fused-ring (bicyclic) bond motifs is 2. The number of benzene rings is 2. The van der Waals surface area contributed by atoms with E-state index >= 15 is 0 Å². The maximum atomic E-state index is 12.5. The van der Waals surface area contributed by atoms with E-state index in [0.717, 1.165) is 35.3 Å². The molecule has 1 unspecified atom stereocenters. The SMILES string of the molecule is CC(C(=O)NCCCc1nc2ccccc2[nH]1)N1Cc2ccccc2C1=O. The Balaban J connectivity index is 1.27. The first-order valence-electron chi connectivity index (χ1n) is 9.23. The second-order valence-corrected chi connectivity index (χ2v) is 6.86. The van der Waals surface area contributed by atoms with Gasteiger partial charge < -0.3 is 15.2 Å². The number of aromatic nitrogens is 2. The van der Waals surface area contributed by atoms with Gasteiger partial charge in [-0.2, -0.15) is 0 Å². The maximum Gasteiger partial charge on any atom is 0.255 e. The summed E-state index contributed by atoms with van der Waals surface area (Å²) in [6, 6.07) is 14.9. The molecule has 0 saturated carbocycles. The van der Waals surface area contributed by atoms with Crippen LogP contribution in [-0.4, -0.2) is 39.3 Å². The van der Waals surface area contributed by atoms with E-state index in [1.165, 1.54) is 0 Å². The Morgan fingerprint density at radius 1 is 1.22 bits per heavy atom. The summed E-state index contributed by atoms with van der Waals surface area (Å²) in [7, 11) is 0. The van der Waals surface area contributed by atoms with E-state index in [1.807, 2.05) is 48.5 Å². The highest BCUT2D eigenvalue weighted by Gasteiger charge is 2.33. The molecule has 138 valence electrons. The van der Waals surface area contributed by atoms with E-state index in [2.05, 4.69) is 15.3 Å². The van der Waals surface area contributed by atoms with Crippen molar-refractivity contribution in [3.05, 3.63) is 65.5 Å². The van der Waals surface area contributed by atoms with Crippen LogP contribution >= 0.6 is 0 Å². The van der Waals surface area contributed by atoms with E-state index in [0.29, 0.717) is 18.7 Å². The Kier molecular flexibility index (Phi) is 4.62. The fraction of sp³-hybridized carbons (Fsp3) is 0.286. The van der Waals surface area contributed by atoms with Crippen LogP contribution in [0.2, 0.25) is 0 Å².